The van der Waals surface area contributed by atoms with Gasteiger partial charge in [-0.25, -0.2) is 12.7 Å². The van der Waals surface area contributed by atoms with Gasteiger partial charge in [-0.05, 0) is 49.4 Å². The monoisotopic (exact) mass is 410 g/mol. The number of sulfonamides is 1. The maximum Gasteiger partial charge on any atom is 0.239 e. The summed E-state index contributed by atoms with van der Waals surface area (Å²) in [7, 11) is -3.70. The van der Waals surface area contributed by atoms with E-state index in [9.17, 15) is 28.7 Å². The lowest BCUT2D eigenvalue weighted by Crippen LogP contribution is -2.53. The maximum atomic E-state index is 13.5. The number of aliphatic hydroxyl groups excluding tert-OH is 1. The van der Waals surface area contributed by atoms with Crippen LogP contribution in [0.15, 0.2) is 0 Å². The Bertz CT molecular complexity index is 849. The standard InChI is InChI=1S/C20H30N2O5S/c1-12-8-20(25,10-23)14(9-21)6-15(12)17(24)22-16-7-13-4-5-19(16,18(13,2)3)11-28(22,26)27/h12-16,23,25H,4-8,10-11H2,1-3H3/t12-,13+,14+,15-,16+,19-,20+/m0/s1. The van der Waals surface area contributed by atoms with Crippen molar-refractivity contribution in [2.45, 2.75) is 64.5 Å². The van der Waals surface area contributed by atoms with E-state index in [4.69, 9.17) is 0 Å². The fraction of sp³-hybridized carbons (Fsp3) is 0.900. The van der Waals surface area contributed by atoms with Gasteiger partial charge in [-0.15, -0.1) is 0 Å². The first-order valence-corrected chi connectivity index (χ1v) is 11.8. The molecule has 7 nitrogen and oxygen atoms in total. The van der Waals surface area contributed by atoms with Crippen LogP contribution in [0, 0.1) is 45.8 Å². The van der Waals surface area contributed by atoms with Crippen LogP contribution in [0.25, 0.3) is 0 Å². The van der Waals surface area contributed by atoms with Crippen LogP contribution in [-0.2, 0) is 14.8 Å². The molecule has 3 aliphatic carbocycles. The average molecular weight is 411 g/mol. The molecule has 1 saturated heterocycles. The normalized spacial score (nSPS) is 48.3. The molecule has 0 radical (unpaired) electrons. The first-order chi connectivity index (χ1) is 12.9. The molecule has 8 heteroatoms. The Morgan fingerprint density at radius 3 is 2.57 bits per heavy atom. The molecular formula is C20H30N2O5S. The molecule has 3 saturated carbocycles. The first kappa shape index (κ1) is 20.1. The topological polar surface area (TPSA) is 119 Å². The van der Waals surface area contributed by atoms with Gasteiger partial charge in [0.2, 0.25) is 15.9 Å². The molecule has 1 heterocycles. The molecule has 28 heavy (non-hydrogen) atoms. The molecule has 1 aliphatic heterocycles. The third-order valence-corrected chi connectivity index (χ3v) is 10.8. The maximum absolute atomic E-state index is 13.5. The lowest BCUT2D eigenvalue weighted by atomic mass is 9.66. The summed E-state index contributed by atoms with van der Waals surface area (Å²) in [4.78, 5) is 13.5. The van der Waals surface area contributed by atoms with Crippen LogP contribution in [0.5, 0.6) is 0 Å². The van der Waals surface area contributed by atoms with Crippen molar-refractivity contribution in [3.8, 4) is 6.07 Å². The van der Waals surface area contributed by atoms with Crippen molar-refractivity contribution >= 4 is 15.9 Å². The Labute approximate surface area is 166 Å². The fourth-order valence-corrected chi connectivity index (χ4v) is 9.57. The van der Waals surface area contributed by atoms with E-state index in [1.165, 1.54) is 4.31 Å². The van der Waals surface area contributed by atoms with Crippen molar-refractivity contribution in [2.24, 2.45) is 34.5 Å². The molecule has 0 aromatic carbocycles. The van der Waals surface area contributed by atoms with Crippen LogP contribution in [0.2, 0.25) is 0 Å². The summed E-state index contributed by atoms with van der Waals surface area (Å²) >= 11 is 0. The van der Waals surface area contributed by atoms with E-state index in [2.05, 4.69) is 13.8 Å². The highest BCUT2D eigenvalue weighted by atomic mass is 32.2. The molecule has 4 fully saturated rings. The van der Waals surface area contributed by atoms with Crippen molar-refractivity contribution in [1.82, 2.24) is 4.31 Å². The Kier molecular flexibility index (Phi) is 4.26. The minimum atomic E-state index is -3.70. The zero-order valence-electron chi connectivity index (χ0n) is 16.8. The number of nitriles is 1. The largest absolute Gasteiger partial charge is 0.393 e. The van der Waals surface area contributed by atoms with Crippen LogP contribution in [0.1, 0.15) is 52.9 Å². The highest BCUT2D eigenvalue weighted by molar-refractivity contribution is 7.90. The van der Waals surface area contributed by atoms with Gasteiger partial charge in [0.1, 0.15) is 5.60 Å². The fourth-order valence-electron chi connectivity index (χ4n) is 6.98. The van der Waals surface area contributed by atoms with E-state index in [0.717, 1.165) is 19.3 Å². The predicted octanol–water partition coefficient (Wildman–Crippen LogP) is 1.26. The van der Waals surface area contributed by atoms with E-state index in [-0.39, 0.29) is 41.4 Å². The summed E-state index contributed by atoms with van der Waals surface area (Å²) in [6, 6.07) is 1.73. The van der Waals surface area contributed by atoms with Gasteiger partial charge < -0.3 is 10.2 Å². The SMILES string of the molecule is C[C@H]1C[C@@](O)(CO)[C@@H](C#N)C[C@@H]1C(=O)N1[C@@H]2C[C@H]3CC[C@@]2(CS1(=O)=O)C3(C)C. The predicted molar refractivity (Wildman–Crippen MR) is 101 cm³/mol. The number of hydrogen-bond acceptors (Lipinski definition) is 6. The van der Waals surface area contributed by atoms with Crippen molar-refractivity contribution in [3.63, 3.8) is 0 Å². The zero-order chi connectivity index (χ0) is 20.7. The van der Waals surface area contributed by atoms with E-state index in [1.807, 2.05) is 6.07 Å². The highest BCUT2D eigenvalue weighted by Gasteiger charge is 2.72. The molecular weight excluding hydrogens is 380 g/mol. The van der Waals surface area contributed by atoms with Crippen molar-refractivity contribution in [1.29, 1.82) is 5.26 Å². The Morgan fingerprint density at radius 1 is 1.32 bits per heavy atom. The molecule has 2 bridgehead atoms. The number of fused-ring (bicyclic) bond motifs is 1. The molecule has 4 aliphatic rings. The van der Waals surface area contributed by atoms with Gasteiger partial charge in [-0.2, -0.15) is 5.26 Å². The lowest BCUT2D eigenvalue weighted by Gasteiger charge is -2.43. The molecule has 7 atom stereocenters. The number of nitrogens with zero attached hydrogens (tertiary/aromatic N) is 2. The Morgan fingerprint density at radius 2 is 2.00 bits per heavy atom. The molecule has 1 spiro atoms. The number of amides is 1. The number of hydrogen-bond donors (Lipinski definition) is 2. The zero-order valence-corrected chi connectivity index (χ0v) is 17.6. The Hall–Kier alpha value is -1.17. The van der Waals surface area contributed by atoms with Crippen LogP contribution in [0.3, 0.4) is 0 Å². The van der Waals surface area contributed by atoms with E-state index < -0.39 is 40.0 Å². The van der Waals surface area contributed by atoms with Crippen LogP contribution >= 0.6 is 0 Å². The second kappa shape index (κ2) is 5.93. The summed E-state index contributed by atoms with van der Waals surface area (Å²) in [5.41, 5.74) is -2.01. The average Bonchev–Trinajstić information content (AvgIpc) is 3.08. The molecule has 0 unspecified atom stereocenters. The van der Waals surface area contributed by atoms with Crippen molar-refractivity contribution in [2.75, 3.05) is 12.4 Å². The third kappa shape index (κ3) is 2.33. The minimum absolute atomic E-state index is 0.0310. The minimum Gasteiger partial charge on any atom is -0.393 e. The van der Waals surface area contributed by atoms with Gasteiger partial charge in [0, 0.05) is 11.3 Å². The highest BCUT2D eigenvalue weighted by Crippen LogP contribution is 2.70. The van der Waals surface area contributed by atoms with E-state index >= 15 is 0 Å². The molecule has 4 rings (SSSR count). The Balaban J connectivity index is 1.67. The van der Waals surface area contributed by atoms with Gasteiger partial charge in [0.05, 0.1) is 30.4 Å². The van der Waals surface area contributed by atoms with Gasteiger partial charge in [0.25, 0.3) is 0 Å². The van der Waals surface area contributed by atoms with Gasteiger partial charge in [-0.3, -0.25) is 4.79 Å². The van der Waals surface area contributed by atoms with Gasteiger partial charge in [-0.1, -0.05) is 20.8 Å². The lowest BCUT2D eigenvalue weighted by molar-refractivity contribution is -0.144. The summed E-state index contributed by atoms with van der Waals surface area (Å²) < 4.78 is 27.4. The molecule has 1 amide bonds. The second-order valence-corrected chi connectivity index (χ2v) is 12.1. The summed E-state index contributed by atoms with van der Waals surface area (Å²) in [5, 5.41) is 29.6. The molecule has 0 aromatic heterocycles. The number of aliphatic hydroxyl groups is 2. The van der Waals surface area contributed by atoms with Crippen molar-refractivity contribution in [3.05, 3.63) is 0 Å². The first-order valence-electron chi connectivity index (χ1n) is 10.2. The number of carbonyl (C=O) groups is 1. The summed E-state index contributed by atoms with van der Waals surface area (Å²) in [6.45, 7) is 5.54. The van der Waals surface area contributed by atoms with Crippen molar-refractivity contribution < 1.29 is 23.4 Å². The smallest absolute Gasteiger partial charge is 0.239 e. The summed E-state index contributed by atoms with van der Waals surface area (Å²) in [5.74, 6) is -1.80. The van der Waals surface area contributed by atoms with Gasteiger partial charge >= 0.3 is 0 Å². The number of rotatable bonds is 2. The molecule has 2 N–H and O–H groups in total. The van der Waals surface area contributed by atoms with Crippen LogP contribution < -0.4 is 0 Å². The van der Waals surface area contributed by atoms with E-state index in [1.54, 1.807) is 6.92 Å². The van der Waals surface area contributed by atoms with Gasteiger partial charge in [0.15, 0.2) is 0 Å². The number of carbonyl (C=O) groups excluding carboxylic acids is 1. The van der Waals surface area contributed by atoms with E-state index in [0.29, 0.717) is 5.92 Å². The third-order valence-electron chi connectivity index (χ3n) is 8.88. The van der Waals surface area contributed by atoms with Crippen LogP contribution in [-0.4, -0.2) is 52.8 Å². The summed E-state index contributed by atoms with van der Waals surface area (Å²) in [6.07, 6.45) is 2.76. The molecule has 0 aromatic rings. The van der Waals surface area contributed by atoms with Crippen LogP contribution in [0.4, 0.5) is 0 Å². The second-order valence-electron chi connectivity index (χ2n) is 10.2. The molecule has 156 valence electrons. The quantitative estimate of drug-likeness (QED) is 0.707.